The maximum absolute atomic E-state index is 12.4. The van der Waals surface area contributed by atoms with Gasteiger partial charge in [0.25, 0.3) is 0 Å². The number of hydrogen-bond acceptors (Lipinski definition) is 8. The fourth-order valence-electron chi connectivity index (χ4n) is 14.3. The number of aliphatic hydroxyl groups is 2. The second kappa shape index (κ2) is 12.0. The maximum Gasteiger partial charge on any atom is 0.410 e. The Morgan fingerprint density at radius 1 is 0.902 bits per heavy atom. The minimum atomic E-state index is -1.15. The summed E-state index contributed by atoms with van der Waals surface area (Å²) in [7, 11) is 0. The van der Waals surface area contributed by atoms with E-state index in [0.29, 0.717) is 35.2 Å². The van der Waals surface area contributed by atoms with Crippen molar-refractivity contribution in [1.82, 2.24) is 9.80 Å². The highest BCUT2D eigenvalue weighted by Gasteiger charge is 2.83. The van der Waals surface area contributed by atoms with Crippen molar-refractivity contribution >= 4 is 6.09 Å². The summed E-state index contributed by atoms with van der Waals surface area (Å²) in [6, 6.07) is 0. The summed E-state index contributed by atoms with van der Waals surface area (Å²) < 4.78 is 25.6. The molecule has 9 heteroatoms. The maximum atomic E-state index is 12.4. The standard InChI is InChI=1S/C42H70N2O7/c1-36(2,3)51-35(46)44-22-26(23-44)21-43-18-19-48-33(24-43)50-32-14-15-41-25-42(41)17-16-39(8)27-10-11-28(34(45)38(6,7)47)49-29(27)20-40(39,9)31(42)13-12-30(41)37(32,4)5/h26-34,45,47H,10-25H2,1-9H3. The van der Waals surface area contributed by atoms with E-state index in [1.54, 1.807) is 13.8 Å². The minimum Gasteiger partial charge on any atom is -0.444 e. The normalized spacial score (nSPS) is 47.2. The zero-order chi connectivity index (χ0) is 36.6. The number of hydrogen-bond donors (Lipinski definition) is 2. The van der Waals surface area contributed by atoms with E-state index >= 15 is 0 Å². The molecule has 0 aromatic heterocycles. The topological polar surface area (TPSA) is 101 Å². The van der Waals surface area contributed by atoms with Crippen molar-refractivity contribution in [2.24, 2.45) is 50.7 Å². The number of aliphatic hydroxyl groups excluding tert-OH is 1. The first-order valence-electron chi connectivity index (χ1n) is 20.8. The van der Waals surface area contributed by atoms with Crippen LogP contribution in [0.25, 0.3) is 0 Å². The Bertz CT molecular complexity index is 1350. The number of carbonyl (C=O) groups excluding carboxylic acids is 1. The molecule has 0 bridgehead atoms. The summed E-state index contributed by atoms with van der Waals surface area (Å²) in [5, 5.41) is 21.5. The van der Waals surface area contributed by atoms with E-state index in [-0.39, 0.29) is 46.9 Å². The number of fused-ring (bicyclic) bond motifs is 4. The van der Waals surface area contributed by atoms with Crippen LogP contribution >= 0.6 is 0 Å². The van der Waals surface area contributed by atoms with Crippen molar-refractivity contribution < 1.29 is 34.0 Å². The zero-order valence-corrected chi connectivity index (χ0v) is 33.3. The lowest BCUT2D eigenvalue weighted by Crippen LogP contribution is -2.59. The summed E-state index contributed by atoms with van der Waals surface area (Å²) in [6.07, 6.45) is 10.9. The highest BCUT2D eigenvalue weighted by Crippen LogP contribution is 2.89. The van der Waals surface area contributed by atoms with Crippen LogP contribution in [0.3, 0.4) is 0 Å². The first-order chi connectivity index (χ1) is 23.7. The Hall–Kier alpha value is -0.970. The summed E-state index contributed by atoms with van der Waals surface area (Å²) in [4.78, 5) is 16.7. The quantitative estimate of drug-likeness (QED) is 0.317. The van der Waals surface area contributed by atoms with Crippen molar-refractivity contribution in [3.63, 3.8) is 0 Å². The smallest absolute Gasteiger partial charge is 0.410 e. The number of carbonyl (C=O) groups is 1. The molecule has 0 aromatic carbocycles. The average molecular weight is 715 g/mol. The molecule has 3 aliphatic heterocycles. The van der Waals surface area contributed by atoms with Gasteiger partial charge < -0.3 is 34.1 Å². The summed E-state index contributed by atoms with van der Waals surface area (Å²) in [5.74, 6) is 2.42. The zero-order valence-electron chi connectivity index (χ0n) is 33.3. The Labute approximate surface area is 307 Å². The average Bonchev–Trinajstić information content (AvgIpc) is 3.62. The fourth-order valence-corrected chi connectivity index (χ4v) is 14.3. The number of amides is 1. The van der Waals surface area contributed by atoms with E-state index < -0.39 is 17.3 Å². The van der Waals surface area contributed by atoms with Crippen LogP contribution < -0.4 is 0 Å². The molecule has 2 spiro atoms. The third-order valence-corrected chi connectivity index (χ3v) is 17.0. The van der Waals surface area contributed by atoms with Crippen LogP contribution in [0.2, 0.25) is 0 Å². The Morgan fingerprint density at radius 2 is 1.61 bits per heavy atom. The Balaban J connectivity index is 0.899. The molecule has 3 saturated heterocycles. The molecule has 0 aromatic rings. The highest BCUT2D eigenvalue weighted by atomic mass is 16.7. The van der Waals surface area contributed by atoms with Gasteiger partial charge in [-0.3, -0.25) is 4.90 Å². The van der Waals surface area contributed by atoms with Gasteiger partial charge in [0.2, 0.25) is 0 Å². The first kappa shape index (κ1) is 37.0. The van der Waals surface area contributed by atoms with Gasteiger partial charge in [0, 0.05) is 38.6 Å². The van der Waals surface area contributed by atoms with Crippen molar-refractivity contribution in [3.8, 4) is 0 Å². The van der Waals surface area contributed by atoms with Crippen LogP contribution in [0.5, 0.6) is 0 Å². The van der Waals surface area contributed by atoms with Gasteiger partial charge in [-0.15, -0.1) is 0 Å². The number of nitrogens with zero attached hydrogens (tertiary/aromatic N) is 2. The van der Waals surface area contributed by atoms with E-state index in [9.17, 15) is 15.0 Å². The number of likely N-dealkylation sites (tertiary alicyclic amines) is 1. The van der Waals surface area contributed by atoms with Crippen molar-refractivity contribution in [2.45, 2.75) is 168 Å². The third kappa shape index (κ3) is 5.69. The van der Waals surface area contributed by atoms with Crippen LogP contribution in [0.1, 0.15) is 127 Å². The lowest BCUT2D eigenvalue weighted by atomic mass is 9.42. The molecule has 9 nitrogen and oxygen atoms in total. The van der Waals surface area contributed by atoms with Crippen LogP contribution in [0.4, 0.5) is 4.79 Å². The first-order valence-corrected chi connectivity index (χ1v) is 20.8. The van der Waals surface area contributed by atoms with E-state index in [1.807, 2.05) is 25.7 Å². The predicted octanol–water partition coefficient (Wildman–Crippen LogP) is 6.63. The van der Waals surface area contributed by atoms with Gasteiger partial charge in [-0.05, 0) is 144 Å². The van der Waals surface area contributed by atoms with Crippen LogP contribution in [-0.2, 0) is 18.9 Å². The molecule has 8 fully saturated rings. The van der Waals surface area contributed by atoms with Crippen molar-refractivity contribution in [3.05, 3.63) is 0 Å². The number of rotatable bonds is 6. The number of ether oxygens (including phenoxy) is 4. The predicted molar refractivity (Wildman–Crippen MR) is 195 cm³/mol. The molecule has 290 valence electrons. The summed E-state index contributed by atoms with van der Waals surface area (Å²) >= 11 is 0. The second-order valence-corrected chi connectivity index (χ2v) is 21.5. The van der Waals surface area contributed by atoms with Crippen LogP contribution in [0, 0.1) is 50.7 Å². The molecular weight excluding hydrogens is 644 g/mol. The van der Waals surface area contributed by atoms with Gasteiger partial charge in [-0.2, -0.15) is 0 Å². The molecule has 0 radical (unpaired) electrons. The SMILES string of the molecule is CC(C)(C)OC(=O)N1CC(CN2CCOC(OC3CCC45CC46CCC4(C)C7CCC(C(O)C(C)(C)O)OC7CC4(C)C6CCC5C3(C)C)C2)C1. The van der Waals surface area contributed by atoms with Crippen LogP contribution in [0.15, 0.2) is 0 Å². The van der Waals surface area contributed by atoms with Gasteiger partial charge in [-0.25, -0.2) is 4.79 Å². The second-order valence-electron chi connectivity index (χ2n) is 21.5. The largest absolute Gasteiger partial charge is 0.444 e. The van der Waals surface area contributed by atoms with E-state index in [0.717, 1.165) is 64.3 Å². The van der Waals surface area contributed by atoms with Crippen molar-refractivity contribution in [1.29, 1.82) is 0 Å². The van der Waals surface area contributed by atoms with E-state index in [4.69, 9.17) is 18.9 Å². The van der Waals surface area contributed by atoms with Gasteiger partial charge in [0.05, 0.1) is 30.5 Å². The third-order valence-electron chi connectivity index (χ3n) is 17.0. The molecule has 12 unspecified atom stereocenters. The lowest BCUT2D eigenvalue weighted by molar-refractivity contribution is -0.248. The van der Waals surface area contributed by atoms with Crippen LogP contribution in [-0.4, -0.2) is 107 Å². The Morgan fingerprint density at radius 3 is 2.31 bits per heavy atom. The molecule has 5 saturated carbocycles. The summed E-state index contributed by atoms with van der Waals surface area (Å²) in [5.41, 5.74) is -0.136. The summed E-state index contributed by atoms with van der Waals surface area (Å²) in [6.45, 7) is 24.3. The van der Waals surface area contributed by atoms with E-state index in [1.165, 1.54) is 38.5 Å². The van der Waals surface area contributed by atoms with Gasteiger partial charge >= 0.3 is 6.09 Å². The monoisotopic (exact) mass is 715 g/mol. The van der Waals surface area contributed by atoms with E-state index in [2.05, 4.69) is 32.6 Å². The van der Waals surface area contributed by atoms with Gasteiger partial charge in [0.1, 0.15) is 11.7 Å². The molecular formula is C42H70N2O7. The molecule has 2 N–H and O–H groups in total. The molecule has 8 rings (SSSR count). The molecule has 12 atom stereocenters. The Kier molecular flexibility index (Phi) is 8.71. The lowest BCUT2D eigenvalue weighted by Gasteiger charge is -2.63. The molecule has 51 heavy (non-hydrogen) atoms. The molecule has 3 heterocycles. The van der Waals surface area contributed by atoms with Gasteiger partial charge in [-0.1, -0.05) is 27.7 Å². The minimum absolute atomic E-state index is 0.0924. The number of morpholine rings is 1. The molecule has 1 amide bonds. The van der Waals surface area contributed by atoms with Crippen molar-refractivity contribution in [2.75, 3.05) is 39.3 Å². The molecule has 5 aliphatic carbocycles. The fraction of sp³-hybridized carbons (Fsp3) is 0.976. The highest BCUT2D eigenvalue weighted by molar-refractivity contribution is 5.69. The molecule has 8 aliphatic rings. The van der Waals surface area contributed by atoms with Gasteiger partial charge in [0.15, 0.2) is 6.29 Å².